The first-order chi connectivity index (χ1) is 14.3. The van der Waals surface area contributed by atoms with E-state index in [-0.39, 0.29) is 0 Å². The summed E-state index contributed by atoms with van der Waals surface area (Å²) in [6, 6.07) is 4.67. The van der Waals surface area contributed by atoms with Gasteiger partial charge in [-0.15, -0.1) is 0 Å². The number of amides is 1. The van der Waals surface area contributed by atoms with Crippen LogP contribution in [0, 0.1) is 17.5 Å². The van der Waals surface area contributed by atoms with Crippen molar-refractivity contribution < 1.29 is 41.7 Å². The van der Waals surface area contributed by atoms with Crippen molar-refractivity contribution in [2.45, 2.75) is 0 Å². The average Bonchev–Trinajstić information content (AvgIpc) is 2.75. The van der Waals surface area contributed by atoms with Gasteiger partial charge >= 0.3 is 5.97 Å². The van der Waals surface area contributed by atoms with E-state index in [0.717, 1.165) is 12.1 Å². The molecule has 0 aliphatic carbocycles. The van der Waals surface area contributed by atoms with Crippen molar-refractivity contribution in [1.82, 2.24) is 0 Å². The maximum absolute atomic E-state index is 13.5. The Bertz CT molecular complexity index is 952. The molecule has 2 rings (SSSR count). The van der Waals surface area contributed by atoms with Crippen LogP contribution >= 0.6 is 0 Å². The number of carbonyl (C=O) groups excluding carboxylic acids is 2. The fourth-order valence-corrected chi connectivity index (χ4v) is 2.36. The van der Waals surface area contributed by atoms with Gasteiger partial charge in [0.2, 0.25) is 5.75 Å². The lowest BCUT2D eigenvalue weighted by molar-refractivity contribution is -0.142. The quantitative estimate of drug-likeness (QED) is 0.397. The van der Waals surface area contributed by atoms with Crippen LogP contribution in [0.25, 0.3) is 6.08 Å². The molecule has 0 heterocycles. The highest BCUT2D eigenvalue weighted by Crippen LogP contribution is 2.38. The van der Waals surface area contributed by atoms with Crippen LogP contribution in [0.2, 0.25) is 0 Å². The summed E-state index contributed by atoms with van der Waals surface area (Å²) in [5, 5.41) is 1.98. The predicted molar refractivity (Wildman–Crippen MR) is 101 cm³/mol. The van der Waals surface area contributed by atoms with Gasteiger partial charge in [-0.1, -0.05) is 0 Å². The maximum atomic E-state index is 13.5. The van der Waals surface area contributed by atoms with Gasteiger partial charge in [-0.05, 0) is 35.9 Å². The average molecular weight is 425 g/mol. The molecule has 0 spiro atoms. The molecule has 1 N–H and O–H groups in total. The molecule has 160 valence electrons. The number of nitrogens with one attached hydrogen (secondary N) is 1. The fraction of sp³-hybridized carbons (Fsp3) is 0.200. The van der Waals surface area contributed by atoms with Crippen LogP contribution in [0.5, 0.6) is 17.2 Å². The van der Waals surface area contributed by atoms with Gasteiger partial charge in [0.1, 0.15) is 0 Å². The second-order valence-corrected chi connectivity index (χ2v) is 5.67. The first kappa shape index (κ1) is 22.6. The number of benzene rings is 2. The standard InChI is InChI=1S/C20H18F3NO6/c1-27-14-8-11(9-15(28-2)20(14)29-3)4-7-17(26)30-10-16(25)24-13-6-5-12(21)18(22)19(13)23/h4-9H,10H2,1-3H3,(H,24,25)/b7-4+. The van der Waals surface area contributed by atoms with Crippen LogP contribution in [-0.2, 0) is 14.3 Å². The number of hydrogen-bond donors (Lipinski definition) is 1. The van der Waals surface area contributed by atoms with Crippen LogP contribution in [0.3, 0.4) is 0 Å². The van der Waals surface area contributed by atoms with Crippen LogP contribution in [0.4, 0.5) is 18.9 Å². The lowest BCUT2D eigenvalue weighted by Crippen LogP contribution is -2.21. The van der Waals surface area contributed by atoms with Crippen LogP contribution in [-0.4, -0.2) is 39.8 Å². The number of rotatable bonds is 8. The molecule has 2 aromatic rings. The van der Waals surface area contributed by atoms with E-state index in [9.17, 15) is 22.8 Å². The molecule has 7 nitrogen and oxygen atoms in total. The molecule has 30 heavy (non-hydrogen) atoms. The second kappa shape index (κ2) is 10.2. The monoisotopic (exact) mass is 425 g/mol. The van der Waals surface area contributed by atoms with Gasteiger partial charge in [0.15, 0.2) is 35.6 Å². The fourth-order valence-electron chi connectivity index (χ4n) is 2.36. The van der Waals surface area contributed by atoms with E-state index < -0.39 is 41.6 Å². The molecule has 0 saturated heterocycles. The molecule has 0 unspecified atom stereocenters. The summed E-state index contributed by atoms with van der Waals surface area (Å²) in [5.74, 6) is -5.36. The molecule has 0 radical (unpaired) electrons. The van der Waals surface area contributed by atoms with E-state index >= 15 is 0 Å². The lowest BCUT2D eigenvalue weighted by Gasteiger charge is -2.12. The lowest BCUT2D eigenvalue weighted by atomic mass is 10.1. The zero-order valence-electron chi connectivity index (χ0n) is 16.3. The number of anilines is 1. The van der Waals surface area contributed by atoms with Crippen molar-refractivity contribution in [1.29, 1.82) is 0 Å². The summed E-state index contributed by atoms with van der Waals surface area (Å²) in [6.45, 7) is -0.767. The third kappa shape index (κ3) is 5.43. The number of carbonyl (C=O) groups is 2. The first-order valence-electron chi connectivity index (χ1n) is 8.38. The third-order valence-corrected chi connectivity index (χ3v) is 3.75. The van der Waals surface area contributed by atoms with Gasteiger partial charge in [-0.3, -0.25) is 4.79 Å². The maximum Gasteiger partial charge on any atom is 0.331 e. The minimum absolute atomic E-state index is 0.373. The van der Waals surface area contributed by atoms with E-state index in [1.54, 1.807) is 12.1 Å². The van der Waals surface area contributed by atoms with Crippen molar-refractivity contribution in [3.8, 4) is 17.2 Å². The highest BCUT2D eigenvalue weighted by atomic mass is 19.2. The van der Waals surface area contributed by atoms with Gasteiger partial charge in [0.05, 0.1) is 27.0 Å². The van der Waals surface area contributed by atoms with E-state index in [1.807, 2.05) is 5.32 Å². The molecular formula is C20H18F3NO6. The second-order valence-electron chi connectivity index (χ2n) is 5.67. The summed E-state index contributed by atoms with van der Waals surface area (Å²) < 4.78 is 59.9. The Balaban J connectivity index is 1.98. The van der Waals surface area contributed by atoms with E-state index in [2.05, 4.69) is 0 Å². The minimum Gasteiger partial charge on any atom is -0.493 e. The normalized spacial score (nSPS) is 10.6. The van der Waals surface area contributed by atoms with Gasteiger partial charge in [0.25, 0.3) is 5.91 Å². The number of halogens is 3. The van der Waals surface area contributed by atoms with Crippen molar-refractivity contribution in [3.63, 3.8) is 0 Å². The summed E-state index contributed by atoms with van der Waals surface area (Å²) in [4.78, 5) is 23.5. The third-order valence-electron chi connectivity index (χ3n) is 3.75. The number of hydrogen-bond acceptors (Lipinski definition) is 6. The van der Waals surface area contributed by atoms with E-state index in [4.69, 9.17) is 18.9 Å². The van der Waals surface area contributed by atoms with Gasteiger partial charge in [0, 0.05) is 6.08 Å². The Kier molecular flexibility index (Phi) is 7.68. The Morgan fingerprint density at radius 1 is 0.967 bits per heavy atom. The summed E-state index contributed by atoms with van der Waals surface area (Å²) >= 11 is 0. The molecule has 1 amide bonds. The highest BCUT2D eigenvalue weighted by molar-refractivity contribution is 5.94. The number of methoxy groups -OCH3 is 3. The molecule has 0 bridgehead atoms. The first-order valence-corrected chi connectivity index (χ1v) is 8.38. The molecule has 0 aliphatic heterocycles. The Morgan fingerprint density at radius 2 is 1.60 bits per heavy atom. The predicted octanol–water partition coefficient (Wildman–Crippen LogP) is 3.32. The summed E-state index contributed by atoms with van der Waals surface area (Å²) in [7, 11) is 4.32. The largest absolute Gasteiger partial charge is 0.493 e. The van der Waals surface area contributed by atoms with E-state index in [0.29, 0.717) is 28.9 Å². The zero-order valence-corrected chi connectivity index (χ0v) is 16.3. The topological polar surface area (TPSA) is 83.1 Å². The molecule has 10 heteroatoms. The van der Waals surface area contributed by atoms with Crippen LogP contribution in [0.1, 0.15) is 5.56 Å². The Labute approximate surface area is 170 Å². The summed E-state index contributed by atoms with van der Waals surface area (Å²) in [6.07, 6.45) is 2.44. The van der Waals surface area contributed by atoms with Gasteiger partial charge in [-0.2, -0.15) is 0 Å². The molecule has 0 fully saturated rings. The van der Waals surface area contributed by atoms with Crippen molar-refractivity contribution in [2.75, 3.05) is 33.3 Å². The smallest absolute Gasteiger partial charge is 0.331 e. The molecule has 0 aromatic heterocycles. The minimum atomic E-state index is -1.72. The SMILES string of the molecule is COc1cc(/C=C/C(=O)OCC(=O)Nc2ccc(F)c(F)c2F)cc(OC)c1OC. The molecule has 0 saturated carbocycles. The van der Waals surface area contributed by atoms with Crippen LogP contribution in [0.15, 0.2) is 30.3 Å². The molecule has 0 atom stereocenters. The molecule has 0 aliphatic rings. The Morgan fingerprint density at radius 3 is 2.17 bits per heavy atom. The summed E-state index contributed by atoms with van der Waals surface area (Å²) in [5.41, 5.74) is -0.0577. The Hall–Kier alpha value is -3.69. The molecule has 2 aromatic carbocycles. The highest BCUT2D eigenvalue weighted by Gasteiger charge is 2.16. The van der Waals surface area contributed by atoms with Gasteiger partial charge < -0.3 is 24.3 Å². The van der Waals surface area contributed by atoms with Crippen molar-refractivity contribution in [2.24, 2.45) is 0 Å². The van der Waals surface area contributed by atoms with Crippen molar-refractivity contribution >= 4 is 23.6 Å². The molecular weight excluding hydrogens is 407 g/mol. The zero-order chi connectivity index (χ0) is 22.3. The van der Waals surface area contributed by atoms with Crippen molar-refractivity contribution in [3.05, 3.63) is 53.4 Å². The van der Waals surface area contributed by atoms with Gasteiger partial charge in [-0.25, -0.2) is 18.0 Å². The van der Waals surface area contributed by atoms with Crippen LogP contribution < -0.4 is 19.5 Å². The number of esters is 1. The van der Waals surface area contributed by atoms with E-state index in [1.165, 1.54) is 27.4 Å². The number of ether oxygens (including phenoxy) is 4.